The number of nitrogens with zero attached hydrogens (tertiary/aromatic N) is 1. The molecule has 6 nitrogen and oxygen atoms in total. The van der Waals surface area contributed by atoms with Crippen LogP contribution in [0.4, 0.5) is 5.69 Å². The quantitative estimate of drug-likeness (QED) is 0.529. The zero-order valence-electron chi connectivity index (χ0n) is 18.3. The highest BCUT2D eigenvalue weighted by molar-refractivity contribution is 6.19. The zero-order chi connectivity index (χ0) is 23.4. The third-order valence-corrected chi connectivity index (χ3v) is 5.46. The lowest BCUT2D eigenvalue weighted by molar-refractivity contribution is -0.117. The summed E-state index contributed by atoms with van der Waals surface area (Å²) in [6.07, 6.45) is 3.03. The minimum Gasteiger partial charge on any atom is -0.503 e. The van der Waals surface area contributed by atoms with E-state index in [2.05, 4.69) is 0 Å². The second kappa shape index (κ2) is 9.44. The maximum atomic E-state index is 13.3. The van der Waals surface area contributed by atoms with E-state index in [9.17, 15) is 14.7 Å². The van der Waals surface area contributed by atoms with Gasteiger partial charge in [-0.2, -0.15) is 0 Å². The predicted molar refractivity (Wildman–Crippen MR) is 126 cm³/mol. The molecule has 1 heterocycles. The Morgan fingerprint density at radius 3 is 2.18 bits per heavy atom. The third-order valence-electron chi connectivity index (χ3n) is 5.46. The van der Waals surface area contributed by atoms with Crippen LogP contribution in [0.1, 0.15) is 17.2 Å². The third kappa shape index (κ3) is 4.23. The number of allylic oxidation sites excluding steroid dienone is 1. The average Bonchev–Trinajstić information content (AvgIpc) is 3.13. The number of amides is 1. The molecule has 3 aromatic rings. The van der Waals surface area contributed by atoms with Gasteiger partial charge in [0, 0.05) is 5.69 Å². The van der Waals surface area contributed by atoms with Gasteiger partial charge in [-0.3, -0.25) is 14.5 Å². The monoisotopic (exact) mass is 441 g/mol. The molecule has 1 unspecified atom stereocenters. The Hall–Kier alpha value is -4.32. The van der Waals surface area contributed by atoms with E-state index in [1.165, 1.54) is 25.2 Å². The van der Waals surface area contributed by atoms with Crippen LogP contribution in [0.2, 0.25) is 0 Å². The number of aliphatic hydroxyl groups is 1. The number of carbonyl (C=O) groups excluding carboxylic acids is 2. The van der Waals surface area contributed by atoms with Crippen molar-refractivity contribution in [1.29, 1.82) is 0 Å². The Bertz CT molecular complexity index is 1230. The molecule has 1 atom stereocenters. The van der Waals surface area contributed by atoms with Crippen molar-refractivity contribution in [3.05, 3.63) is 107 Å². The van der Waals surface area contributed by atoms with Gasteiger partial charge in [0.25, 0.3) is 5.91 Å². The number of ether oxygens (including phenoxy) is 2. The van der Waals surface area contributed by atoms with E-state index in [0.717, 1.165) is 5.56 Å². The molecule has 1 amide bonds. The van der Waals surface area contributed by atoms with Gasteiger partial charge in [0.15, 0.2) is 23.0 Å². The van der Waals surface area contributed by atoms with Gasteiger partial charge in [-0.15, -0.1) is 0 Å². The van der Waals surface area contributed by atoms with Crippen LogP contribution in [-0.4, -0.2) is 31.0 Å². The molecule has 33 heavy (non-hydrogen) atoms. The lowest BCUT2D eigenvalue weighted by Crippen LogP contribution is -2.30. The van der Waals surface area contributed by atoms with Gasteiger partial charge in [0.2, 0.25) is 0 Å². The molecule has 0 radical (unpaired) electrons. The first-order chi connectivity index (χ1) is 16.0. The highest BCUT2D eigenvalue weighted by Crippen LogP contribution is 2.43. The number of carbonyl (C=O) groups is 2. The summed E-state index contributed by atoms with van der Waals surface area (Å²) in [7, 11) is 3.04. The van der Waals surface area contributed by atoms with E-state index in [1.54, 1.807) is 48.5 Å². The standard InChI is InChI=1S/C27H23NO5/c1-32-22-16-14-19(17-23(22)33-2)25-24(21(29)15-13-18-9-5-3-6-10-18)26(30)27(31)28(25)20-11-7-4-8-12-20/h3-17,25,30H,1-2H3/b15-13+. The van der Waals surface area contributed by atoms with E-state index >= 15 is 0 Å². The van der Waals surface area contributed by atoms with Gasteiger partial charge in [-0.1, -0.05) is 60.7 Å². The molecule has 0 spiro atoms. The van der Waals surface area contributed by atoms with E-state index in [1.807, 2.05) is 36.4 Å². The fourth-order valence-corrected chi connectivity index (χ4v) is 3.88. The van der Waals surface area contributed by atoms with Crippen LogP contribution in [0.25, 0.3) is 6.08 Å². The number of hydrogen-bond acceptors (Lipinski definition) is 5. The van der Waals surface area contributed by atoms with Gasteiger partial charge < -0.3 is 14.6 Å². The molecular formula is C27H23NO5. The van der Waals surface area contributed by atoms with Crippen molar-refractivity contribution in [3.63, 3.8) is 0 Å². The first kappa shape index (κ1) is 21.9. The molecule has 0 saturated heterocycles. The molecule has 0 saturated carbocycles. The number of ketones is 1. The number of benzene rings is 3. The van der Waals surface area contributed by atoms with Crippen molar-refractivity contribution in [2.45, 2.75) is 6.04 Å². The number of anilines is 1. The number of aliphatic hydroxyl groups excluding tert-OH is 1. The molecule has 3 aromatic carbocycles. The van der Waals surface area contributed by atoms with E-state index in [-0.39, 0.29) is 5.57 Å². The summed E-state index contributed by atoms with van der Waals surface area (Å²) in [5, 5.41) is 10.8. The fraction of sp³-hybridized carbons (Fsp3) is 0.111. The van der Waals surface area contributed by atoms with Gasteiger partial charge >= 0.3 is 0 Å². The summed E-state index contributed by atoms with van der Waals surface area (Å²) < 4.78 is 10.8. The summed E-state index contributed by atoms with van der Waals surface area (Å²) in [5.41, 5.74) is 2.00. The van der Waals surface area contributed by atoms with Crippen molar-refractivity contribution in [1.82, 2.24) is 0 Å². The van der Waals surface area contributed by atoms with Gasteiger partial charge in [0.05, 0.1) is 25.8 Å². The van der Waals surface area contributed by atoms with Gasteiger partial charge in [-0.05, 0) is 41.5 Å². The molecule has 1 N–H and O–H groups in total. The topological polar surface area (TPSA) is 76.1 Å². The highest BCUT2D eigenvalue weighted by atomic mass is 16.5. The first-order valence-electron chi connectivity index (χ1n) is 10.4. The highest BCUT2D eigenvalue weighted by Gasteiger charge is 2.44. The molecule has 0 aliphatic carbocycles. The summed E-state index contributed by atoms with van der Waals surface area (Å²) >= 11 is 0. The molecule has 1 aliphatic rings. The van der Waals surface area contributed by atoms with Crippen LogP contribution in [0, 0.1) is 0 Å². The summed E-state index contributed by atoms with van der Waals surface area (Å²) in [6, 6.07) is 22.6. The van der Waals surface area contributed by atoms with Crippen LogP contribution >= 0.6 is 0 Å². The lowest BCUT2D eigenvalue weighted by Gasteiger charge is -2.27. The maximum Gasteiger partial charge on any atom is 0.294 e. The van der Waals surface area contributed by atoms with Gasteiger partial charge in [0.1, 0.15) is 0 Å². The van der Waals surface area contributed by atoms with Crippen LogP contribution in [0.3, 0.4) is 0 Å². The fourth-order valence-electron chi connectivity index (χ4n) is 3.88. The molecule has 0 fully saturated rings. The average molecular weight is 441 g/mol. The molecule has 0 aromatic heterocycles. The van der Waals surface area contributed by atoms with E-state index in [4.69, 9.17) is 9.47 Å². The molecule has 0 bridgehead atoms. The zero-order valence-corrected chi connectivity index (χ0v) is 18.3. The van der Waals surface area contributed by atoms with Crippen LogP contribution in [0.5, 0.6) is 11.5 Å². The Morgan fingerprint density at radius 1 is 0.909 bits per heavy atom. The van der Waals surface area contributed by atoms with E-state index < -0.39 is 23.5 Å². The van der Waals surface area contributed by atoms with Crippen molar-refractivity contribution >= 4 is 23.5 Å². The minimum atomic E-state index is -0.840. The maximum absolute atomic E-state index is 13.3. The summed E-state index contributed by atoms with van der Waals surface area (Å²) in [5.74, 6) is -0.697. The predicted octanol–water partition coefficient (Wildman–Crippen LogP) is 4.89. The van der Waals surface area contributed by atoms with Crippen molar-refractivity contribution in [3.8, 4) is 11.5 Å². The Balaban J connectivity index is 1.82. The number of rotatable bonds is 7. The van der Waals surface area contributed by atoms with Crippen molar-refractivity contribution in [2.24, 2.45) is 0 Å². The second-order valence-corrected chi connectivity index (χ2v) is 7.40. The van der Waals surface area contributed by atoms with Crippen LogP contribution in [-0.2, 0) is 9.59 Å². The van der Waals surface area contributed by atoms with Gasteiger partial charge in [-0.25, -0.2) is 0 Å². The Kier molecular flexibility index (Phi) is 6.26. The molecule has 1 aliphatic heterocycles. The normalized spacial score (nSPS) is 15.9. The smallest absolute Gasteiger partial charge is 0.294 e. The van der Waals surface area contributed by atoms with Crippen LogP contribution < -0.4 is 14.4 Å². The Morgan fingerprint density at radius 2 is 1.55 bits per heavy atom. The first-order valence-corrected chi connectivity index (χ1v) is 10.4. The number of methoxy groups -OCH3 is 2. The molecule has 6 heteroatoms. The Labute approximate surface area is 192 Å². The van der Waals surface area contributed by atoms with Crippen molar-refractivity contribution < 1.29 is 24.2 Å². The second-order valence-electron chi connectivity index (χ2n) is 7.40. The molecule has 166 valence electrons. The molecular weight excluding hydrogens is 418 g/mol. The van der Waals surface area contributed by atoms with Crippen LogP contribution in [0.15, 0.2) is 96.3 Å². The lowest BCUT2D eigenvalue weighted by atomic mass is 9.95. The van der Waals surface area contributed by atoms with E-state index in [0.29, 0.717) is 22.7 Å². The minimum absolute atomic E-state index is 0.00301. The summed E-state index contributed by atoms with van der Waals surface area (Å²) in [4.78, 5) is 27.8. The summed E-state index contributed by atoms with van der Waals surface area (Å²) in [6.45, 7) is 0. The molecule has 4 rings (SSSR count). The largest absolute Gasteiger partial charge is 0.503 e. The number of para-hydroxylation sites is 1. The van der Waals surface area contributed by atoms with Crippen molar-refractivity contribution in [2.75, 3.05) is 19.1 Å². The number of hydrogen-bond donors (Lipinski definition) is 1. The SMILES string of the molecule is COc1ccc(C2C(C(=O)/C=C/c3ccccc3)=C(O)C(=O)N2c2ccccc2)cc1OC.